The van der Waals surface area contributed by atoms with Crippen LogP contribution in [0.25, 0.3) is 0 Å². The maximum absolute atomic E-state index is 13.1. The van der Waals surface area contributed by atoms with Gasteiger partial charge in [-0.15, -0.1) is 0 Å². The summed E-state index contributed by atoms with van der Waals surface area (Å²) in [5, 5.41) is 9.13. The minimum absolute atomic E-state index is 0.0115. The molecule has 160 valence electrons. The minimum Gasteiger partial charge on any atom is -0.482 e. The van der Waals surface area contributed by atoms with Crippen LogP contribution < -0.4 is 4.74 Å². The zero-order valence-electron chi connectivity index (χ0n) is 16.8. The van der Waals surface area contributed by atoms with Crippen LogP contribution in [0.1, 0.15) is 29.8 Å². The highest BCUT2D eigenvalue weighted by molar-refractivity contribution is 6.32. The Balaban J connectivity index is 1.57. The lowest BCUT2D eigenvalue weighted by atomic mass is 10.1. The fourth-order valence-electron chi connectivity index (χ4n) is 3.56. The van der Waals surface area contributed by atoms with E-state index in [-0.39, 0.29) is 46.8 Å². The Morgan fingerprint density at radius 1 is 1.13 bits per heavy atom. The summed E-state index contributed by atoms with van der Waals surface area (Å²) in [4.78, 5) is 27.8. The number of rotatable bonds is 6. The number of carboxylic acids is 1. The molecule has 30 heavy (non-hydrogen) atoms. The van der Waals surface area contributed by atoms with Crippen molar-refractivity contribution in [1.82, 2.24) is 9.80 Å². The van der Waals surface area contributed by atoms with Gasteiger partial charge in [0.25, 0.3) is 5.91 Å². The van der Waals surface area contributed by atoms with Crippen LogP contribution in [0.15, 0.2) is 42.5 Å². The summed E-state index contributed by atoms with van der Waals surface area (Å²) in [5.74, 6) is -1.23. The molecular weight excluding hydrogens is 411 g/mol. The fourth-order valence-corrected chi connectivity index (χ4v) is 3.80. The Bertz CT molecular complexity index is 922. The van der Waals surface area contributed by atoms with Gasteiger partial charge < -0.3 is 14.7 Å². The number of hydrogen-bond acceptors (Lipinski definition) is 4. The smallest absolute Gasteiger partial charge is 0.335 e. The molecule has 1 aliphatic heterocycles. The molecule has 6 nitrogen and oxygen atoms in total. The number of hydrogen-bond donors (Lipinski definition) is 1. The van der Waals surface area contributed by atoms with Crippen LogP contribution in [0.4, 0.5) is 4.39 Å². The molecule has 0 spiro atoms. The van der Waals surface area contributed by atoms with E-state index >= 15 is 0 Å². The average Bonchev–Trinajstić information content (AvgIpc) is 2.70. The highest BCUT2D eigenvalue weighted by Crippen LogP contribution is 2.26. The molecule has 8 heteroatoms. The number of piperazine rings is 1. The maximum atomic E-state index is 13.1. The van der Waals surface area contributed by atoms with Gasteiger partial charge in [0.05, 0.1) is 10.6 Å². The van der Waals surface area contributed by atoms with Gasteiger partial charge in [-0.05, 0) is 49.7 Å². The quantitative estimate of drug-likeness (QED) is 0.751. The summed E-state index contributed by atoms with van der Waals surface area (Å²) < 4.78 is 18.7. The number of ether oxygens (including phenoxy) is 1. The van der Waals surface area contributed by atoms with Crippen molar-refractivity contribution in [1.29, 1.82) is 0 Å². The molecule has 0 aromatic heterocycles. The Morgan fingerprint density at radius 2 is 1.83 bits per heavy atom. The molecule has 1 N–H and O–H groups in total. The summed E-state index contributed by atoms with van der Waals surface area (Å²) in [6.45, 7) is 5.79. The molecule has 1 saturated heterocycles. The summed E-state index contributed by atoms with van der Waals surface area (Å²) in [7, 11) is 0. The van der Waals surface area contributed by atoms with Gasteiger partial charge in [0.15, 0.2) is 6.61 Å². The van der Waals surface area contributed by atoms with E-state index in [1.165, 1.54) is 30.3 Å². The number of benzene rings is 2. The van der Waals surface area contributed by atoms with Crippen molar-refractivity contribution in [3.05, 3.63) is 64.4 Å². The number of amides is 1. The van der Waals surface area contributed by atoms with Gasteiger partial charge in [0.1, 0.15) is 11.6 Å². The summed E-state index contributed by atoms with van der Waals surface area (Å²) >= 11 is 6.06. The van der Waals surface area contributed by atoms with Gasteiger partial charge in [-0.1, -0.05) is 23.7 Å². The van der Waals surface area contributed by atoms with Crippen molar-refractivity contribution < 1.29 is 23.8 Å². The Labute approximate surface area is 179 Å². The molecule has 2 aromatic carbocycles. The molecular formula is C22H24ClFN2O4. The van der Waals surface area contributed by atoms with E-state index in [4.69, 9.17) is 21.4 Å². The van der Waals surface area contributed by atoms with Crippen molar-refractivity contribution in [2.24, 2.45) is 0 Å². The van der Waals surface area contributed by atoms with Crippen molar-refractivity contribution in [3.8, 4) is 5.75 Å². The van der Waals surface area contributed by atoms with Gasteiger partial charge in [0, 0.05) is 31.7 Å². The molecule has 1 heterocycles. The number of carbonyl (C=O) groups excluding carboxylic acids is 1. The van der Waals surface area contributed by atoms with Crippen molar-refractivity contribution in [3.63, 3.8) is 0 Å². The third-order valence-electron chi connectivity index (χ3n) is 5.26. The van der Waals surface area contributed by atoms with Gasteiger partial charge in [-0.3, -0.25) is 9.69 Å². The van der Waals surface area contributed by atoms with Crippen molar-refractivity contribution in [2.45, 2.75) is 32.5 Å². The predicted molar refractivity (Wildman–Crippen MR) is 111 cm³/mol. The molecule has 2 unspecified atom stereocenters. The summed E-state index contributed by atoms with van der Waals surface area (Å²) in [6.07, 6.45) is 0. The van der Waals surface area contributed by atoms with Gasteiger partial charge in [-0.25, -0.2) is 9.18 Å². The standard InChI is InChI=1S/C22H24ClFN2O4/c1-14-11-26(15(2)10-25(14)12-16-3-6-18(24)7-4-16)21(27)13-30-20-8-5-17(22(28)29)9-19(20)23/h3-9,14-15H,10-13H2,1-2H3,(H,28,29). The summed E-state index contributed by atoms with van der Waals surface area (Å²) in [6, 6.07) is 10.7. The molecule has 1 amide bonds. The first-order chi connectivity index (χ1) is 14.2. The van der Waals surface area contributed by atoms with E-state index in [9.17, 15) is 14.0 Å². The molecule has 3 rings (SSSR count). The van der Waals surface area contributed by atoms with E-state index in [0.29, 0.717) is 19.6 Å². The van der Waals surface area contributed by atoms with Crippen LogP contribution in [-0.4, -0.2) is 58.6 Å². The van der Waals surface area contributed by atoms with Gasteiger partial charge >= 0.3 is 5.97 Å². The van der Waals surface area contributed by atoms with E-state index in [1.54, 1.807) is 17.0 Å². The number of halogens is 2. The molecule has 0 bridgehead atoms. The molecule has 1 aliphatic rings. The monoisotopic (exact) mass is 434 g/mol. The Hall–Kier alpha value is -2.64. The molecule has 1 fully saturated rings. The second kappa shape index (κ2) is 9.45. The van der Waals surface area contributed by atoms with Crippen LogP contribution in [-0.2, 0) is 11.3 Å². The highest BCUT2D eigenvalue weighted by Gasteiger charge is 2.32. The first-order valence-electron chi connectivity index (χ1n) is 9.68. The summed E-state index contributed by atoms with van der Waals surface area (Å²) in [5.41, 5.74) is 1.08. The van der Waals surface area contributed by atoms with E-state index in [0.717, 1.165) is 5.56 Å². The highest BCUT2D eigenvalue weighted by atomic mass is 35.5. The number of nitrogens with zero attached hydrogens (tertiary/aromatic N) is 2. The normalized spacial score (nSPS) is 19.5. The molecule has 2 atom stereocenters. The lowest BCUT2D eigenvalue weighted by Gasteiger charge is -2.44. The van der Waals surface area contributed by atoms with Gasteiger partial charge in [-0.2, -0.15) is 0 Å². The fraction of sp³-hybridized carbons (Fsp3) is 0.364. The van der Waals surface area contributed by atoms with Crippen molar-refractivity contribution in [2.75, 3.05) is 19.7 Å². The van der Waals surface area contributed by atoms with E-state index in [1.807, 2.05) is 6.92 Å². The lowest BCUT2D eigenvalue weighted by Crippen LogP contribution is -2.58. The van der Waals surface area contributed by atoms with Crippen LogP contribution in [0.5, 0.6) is 5.75 Å². The number of carboxylic acid groups (broad SMARTS) is 1. The third kappa shape index (κ3) is 5.29. The second-order valence-electron chi connectivity index (χ2n) is 7.54. The topological polar surface area (TPSA) is 70.1 Å². The first-order valence-corrected chi connectivity index (χ1v) is 10.1. The minimum atomic E-state index is -1.08. The largest absolute Gasteiger partial charge is 0.482 e. The van der Waals surface area contributed by atoms with E-state index in [2.05, 4.69) is 11.8 Å². The van der Waals surface area contributed by atoms with Crippen LogP contribution in [0, 0.1) is 5.82 Å². The number of aromatic carboxylic acids is 1. The SMILES string of the molecule is CC1CN(C(=O)COc2ccc(C(=O)O)cc2Cl)C(C)CN1Cc1ccc(F)cc1. The maximum Gasteiger partial charge on any atom is 0.335 e. The first kappa shape index (κ1) is 22.1. The molecule has 0 aliphatic carbocycles. The van der Waals surface area contributed by atoms with E-state index < -0.39 is 5.97 Å². The zero-order chi connectivity index (χ0) is 21.8. The van der Waals surface area contributed by atoms with Crippen molar-refractivity contribution >= 4 is 23.5 Å². The lowest BCUT2D eigenvalue weighted by molar-refractivity contribution is -0.139. The Kier molecular flexibility index (Phi) is 6.95. The van der Waals surface area contributed by atoms with Crippen LogP contribution in [0.2, 0.25) is 5.02 Å². The average molecular weight is 435 g/mol. The molecule has 0 saturated carbocycles. The zero-order valence-corrected chi connectivity index (χ0v) is 17.6. The number of carbonyl (C=O) groups is 2. The second-order valence-corrected chi connectivity index (χ2v) is 7.95. The molecule has 2 aromatic rings. The third-order valence-corrected chi connectivity index (χ3v) is 5.56. The van der Waals surface area contributed by atoms with Crippen LogP contribution in [0.3, 0.4) is 0 Å². The van der Waals surface area contributed by atoms with Crippen LogP contribution >= 0.6 is 11.6 Å². The Morgan fingerprint density at radius 3 is 2.47 bits per heavy atom. The van der Waals surface area contributed by atoms with Gasteiger partial charge in [0.2, 0.25) is 0 Å². The predicted octanol–water partition coefficient (Wildman–Crippen LogP) is 3.68. The molecule has 0 radical (unpaired) electrons.